The Balaban J connectivity index is 0.803. The molecule has 0 saturated carbocycles. The first kappa shape index (κ1) is 47.3. The molecule has 384 valence electrons. The van der Waals surface area contributed by atoms with Crippen molar-refractivity contribution < 1.29 is 0 Å². The van der Waals surface area contributed by atoms with Crippen molar-refractivity contribution in [2.45, 2.75) is 5.41 Å². The summed E-state index contributed by atoms with van der Waals surface area (Å²) < 4.78 is 2.38. The van der Waals surface area contributed by atoms with Crippen molar-refractivity contribution in [2.75, 3.05) is 9.80 Å². The van der Waals surface area contributed by atoms with E-state index in [-0.39, 0.29) is 0 Å². The molecule has 1 heterocycles. The normalized spacial score (nSPS) is 12.5. The third kappa shape index (κ3) is 7.44. The Morgan fingerprint density at radius 2 is 0.622 bits per heavy atom. The van der Waals surface area contributed by atoms with Crippen LogP contribution >= 0.6 is 0 Å². The second kappa shape index (κ2) is 19.3. The molecular formula is C79H53N3. The Morgan fingerprint density at radius 1 is 0.244 bits per heavy atom. The number of rotatable bonds is 10. The van der Waals surface area contributed by atoms with Crippen molar-refractivity contribution >= 4 is 55.9 Å². The second-order valence-electron chi connectivity index (χ2n) is 21.6. The molecule has 13 aromatic carbocycles. The van der Waals surface area contributed by atoms with E-state index in [2.05, 4.69) is 336 Å². The molecule has 2 aliphatic rings. The van der Waals surface area contributed by atoms with Crippen LogP contribution in [0, 0.1) is 0 Å². The minimum atomic E-state index is -0.454. The third-order valence-electron chi connectivity index (χ3n) is 17.2. The van der Waals surface area contributed by atoms with Crippen molar-refractivity contribution in [1.29, 1.82) is 0 Å². The van der Waals surface area contributed by atoms with E-state index in [1.807, 2.05) is 0 Å². The van der Waals surface area contributed by atoms with Gasteiger partial charge in [0.15, 0.2) is 0 Å². The molecule has 0 unspecified atom stereocenters. The lowest BCUT2D eigenvalue weighted by Gasteiger charge is -2.32. The van der Waals surface area contributed by atoms with Crippen molar-refractivity contribution in [1.82, 2.24) is 4.57 Å². The van der Waals surface area contributed by atoms with Gasteiger partial charge in [0.2, 0.25) is 0 Å². The molecule has 2 aliphatic carbocycles. The zero-order chi connectivity index (χ0) is 54.1. The first-order chi connectivity index (χ1) is 40.7. The lowest BCUT2D eigenvalue weighted by atomic mass is 9.70. The summed E-state index contributed by atoms with van der Waals surface area (Å²) in [5.74, 6) is 0. The number of fused-ring (bicyclic) bond motifs is 13. The van der Waals surface area contributed by atoms with Crippen molar-refractivity contribution in [3.05, 3.63) is 344 Å². The molecule has 0 amide bonds. The second-order valence-corrected chi connectivity index (χ2v) is 21.6. The van der Waals surface area contributed by atoms with E-state index in [9.17, 15) is 0 Å². The molecule has 0 bridgehead atoms. The van der Waals surface area contributed by atoms with Gasteiger partial charge in [0.25, 0.3) is 0 Å². The van der Waals surface area contributed by atoms with Crippen LogP contribution in [0.3, 0.4) is 0 Å². The van der Waals surface area contributed by atoms with Gasteiger partial charge in [0, 0.05) is 50.5 Å². The first-order valence-corrected chi connectivity index (χ1v) is 28.3. The number of nitrogens with zero attached hydrogens (tertiary/aromatic N) is 3. The number of para-hydroxylation sites is 2. The molecule has 0 atom stereocenters. The van der Waals surface area contributed by atoms with Crippen LogP contribution in [-0.4, -0.2) is 4.57 Å². The summed E-state index contributed by atoms with van der Waals surface area (Å²) in [7, 11) is 0. The molecule has 3 nitrogen and oxygen atoms in total. The molecule has 0 aliphatic heterocycles. The quantitative estimate of drug-likeness (QED) is 0.135. The number of benzene rings is 13. The maximum Gasteiger partial charge on any atom is 0.0726 e. The molecule has 0 radical (unpaired) electrons. The van der Waals surface area contributed by atoms with E-state index in [0.29, 0.717) is 0 Å². The lowest BCUT2D eigenvalue weighted by molar-refractivity contribution is 0.794. The van der Waals surface area contributed by atoms with E-state index in [1.165, 1.54) is 88.6 Å². The van der Waals surface area contributed by atoms with Gasteiger partial charge in [0.1, 0.15) is 0 Å². The van der Waals surface area contributed by atoms with Crippen molar-refractivity contribution in [3.8, 4) is 61.3 Å². The number of hydrogen-bond donors (Lipinski definition) is 0. The van der Waals surface area contributed by atoms with Gasteiger partial charge in [-0.2, -0.15) is 0 Å². The smallest absolute Gasteiger partial charge is 0.0726 e. The zero-order valence-corrected chi connectivity index (χ0v) is 44.9. The van der Waals surface area contributed by atoms with Gasteiger partial charge >= 0.3 is 0 Å². The molecule has 0 saturated heterocycles. The highest BCUT2D eigenvalue weighted by molar-refractivity contribution is 6.11. The molecule has 3 heteroatoms. The summed E-state index contributed by atoms with van der Waals surface area (Å²) in [6.45, 7) is 0. The Kier molecular flexibility index (Phi) is 11.1. The standard InChI is InChI=1S/C79H53N3/c1-4-19-54(20-5-1)56-35-43-61(44-36-56)80(65-51-52-76-70(53-65)68-27-13-17-33-75(68)82(76)60-23-8-3-9-24-60)62-45-37-58(38-46-62)59-41-49-64(50-42-59)81(63-47-39-57(40-48-63)55-21-6-2-7-22-55)77-34-18-32-74-78(77)69-28-12-16-31-73(69)79(74)71-29-14-10-25-66(71)67-26-11-15-30-72(67)79/h1-53H. The van der Waals surface area contributed by atoms with E-state index < -0.39 is 5.41 Å². The molecular weight excluding hydrogens is 991 g/mol. The molecule has 16 rings (SSSR count). The summed E-state index contributed by atoms with van der Waals surface area (Å²) in [4.78, 5) is 4.86. The Bertz CT molecular complexity index is 4650. The Labute approximate surface area is 478 Å². The fraction of sp³-hybridized carbons (Fsp3) is 0.0127. The first-order valence-electron chi connectivity index (χ1n) is 28.3. The number of anilines is 6. The van der Waals surface area contributed by atoms with Crippen LogP contribution in [0.2, 0.25) is 0 Å². The highest BCUT2D eigenvalue weighted by Gasteiger charge is 2.52. The van der Waals surface area contributed by atoms with E-state index in [4.69, 9.17) is 0 Å². The molecule has 14 aromatic rings. The van der Waals surface area contributed by atoms with Gasteiger partial charge < -0.3 is 14.4 Å². The van der Waals surface area contributed by atoms with Gasteiger partial charge in [-0.3, -0.25) is 0 Å². The Morgan fingerprint density at radius 3 is 1.15 bits per heavy atom. The zero-order valence-electron chi connectivity index (χ0n) is 44.9. The monoisotopic (exact) mass is 1040 g/mol. The largest absolute Gasteiger partial charge is 0.310 e. The van der Waals surface area contributed by atoms with E-state index >= 15 is 0 Å². The number of aromatic nitrogens is 1. The van der Waals surface area contributed by atoms with Crippen molar-refractivity contribution in [3.63, 3.8) is 0 Å². The molecule has 82 heavy (non-hydrogen) atoms. The van der Waals surface area contributed by atoms with Crippen LogP contribution in [0.25, 0.3) is 83.1 Å². The third-order valence-corrected chi connectivity index (χ3v) is 17.2. The van der Waals surface area contributed by atoms with E-state index in [1.54, 1.807) is 0 Å². The van der Waals surface area contributed by atoms with Gasteiger partial charge in [-0.25, -0.2) is 0 Å². The average molecular weight is 1040 g/mol. The summed E-state index contributed by atoms with van der Waals surface area (Å²) in [6, 6.07) is 118. The number of hydrogen-bond acceptors (Lipinski definition) is 2. The van der Waals surface area contributed by atoms with Gasteiger partial charge in [-0.1, -0.05) is 231 Å². The topological polar surface area (TPSA) is 11.4 Å². The van der Waals surface area contributed by atoms with Crippen LogP contribution in [0.4, 0.5) is 34.1 Å². The fourth-order valence-corrected chi connectivity index (χ4v) is 13.6. The van der Waals surface area contributed by atoms with Crippen LogP contribution in [-0.2, 0) is 5.41 Å². The van der Waals surface area contributed by atoms with Crippen LogP contribution < -0.4 is 9.80 Å². The summed E-state index contributed by atoms with van der Waals surface area (Å²) in [5, 5.41) is 2.43. The SMILES string of the molecule is c1ccc(-c2ccc(N(c3ccc(-c4ccc(N(c5ccc(-c6ccccc6)cc5)c5cccc6c5-c5ccccc5C65c6ccccc6-c6ccccc65)cc4)cc3)c3ccc4c(c3)c3ccccc3n4-c3ccccc3)cc2)cc1. The minimum Gasteiger partial charge on any atom is -0.310 e. The fourth-order valence-electron chi connectivity index (χ4n) is 13.6. The van der Waals surface area contributed by atoms with Crippen LogP contribution in [0.15, 0.2) is 322 Å². The maximum atomic E-state index is 2.47. The summed E-state index contributed by atoms with van der Waals surface area (Å²) >= 11 is 0. The predicted molar refractivity (Wildman–Crippen MR) is 343 cm³/mol. The molecule has 0 N–H and O–H groups in total. The summed E-state index contributed by atoms with van der Waals surface area (Å²) in [6.07, 6.45) is 0. The van der Waals surface area contributed by atoms with Crippen molar-refractivity contribution in [2.24, 2.45) is 0 Å². The molecule has 1 spiro atoms. The average Bonchev–Trinajstić information content (AvgIpc) is 4.32. The van der Waals surface area contributed by atoms with E-state index in [0.717, 1.165) is 50.9 Å². The summed E-state index contributed by atoms with van der Waals surface area (Å²) in [5.41, 5.74) is 27.1. The Hall–Kier alpha value is -10.7. The predicted octanol–water partition coefficient (Wildman–Crippen LogP) is 21.1. The van der Waals surface area contributed by atoms with Gasteiger partial charge in [0.05, 0.1) is 22.1 Å². The molecule has 1 aromatic heterocycles. The molecule has 0 fully saturated rings. The maximum absolute atomic E-state index is 2.47. The highest BCUT2D eigenvalue weighted by atomic mass is 15.2. The van der Waals surface area contributed by atoms with Crippen LogP contribution in [0.1, 0.15) is 22.3 Å². The minimum absolute atomic E-state index is 0.454. The van der Waals surface area contributed by atoms with Gasteiger partial charge in [-0.15, -0.1) is 0 Å². The van der Waals surface area contributed by atoms with Gasteiger partial charge in [-0.05, 0) is 163 Å². The van der Waals surface area contributed by atoms with Crippen LogP contribution in [0.5, 0.6) is 0 Å². The lowest BCUT2D eigenvalue weighted by Crippen LogP contribution is -2.26. The highest BCUT2D eigenvalue weighted by Crippen LogP contribution is 2.64.